The number of sulfone groups is 1. The van der Waals surface area contributed by atoms with Crippen LogP contribution in [0.4, 0.5) is 4.39 Å². The second-order valence-electron chi connectivity index (χ2n) is 5.76. The standard InChI is InChI=1S/C16H19FN2O3S/c17-13-5-7-14(8-6-13)23(21,22)11-12-3-1-2-4-15(12)16(20)19-10-9-18/h5-8,12,15H,1-4,10-11H2,(H,19,20). The van der Waals surface area contributed by atoms with Crippen molar-refractivity contribution in [3.63, 3.8) is 0 Å². The molecule has 0 aromatic heterocycles. The third kappa shape index (κ3) is 4.52. The number of hydrogen-bond acceptors (Lipinski definition) is 4. The SMILES string of the molecule is N#CCNC(=O)C1CCCCC1CS(=O)(=O)c1ccc(F)cc1. The van der Waals surface area contributed by atoms with Crippen LogP contribution in [0.1, 0.15) is 25.7 Å². The zero-order chi connectivity index (χ0) is 16.9. The molecule has 5 nitrogen and oxygen atoms in total. The first kappa shape index (κ1) is 17.4. The van der Waals surface area contributed by atoms with Crippen molar-refractivity contribution in [1.29, 1.82) is 5.26 Å². The fraction of sp³-hybridized carbons (Fsp3) is 0.500. The molecule has 7 heteroatoms. The Morgan fingerprint density at radius 3 is 2.57 bits per heavy atom. The van der Waals surface area contributed by atoms with Crippen molar-refractivity contribution in [3.8, 4) is 6.07 Å². The average molecular weight is 338 g/mol. The van der Waals surface area contributed by atoms with Gasteiger partial charge in [0.05, 0.1) is 16.7 Å². The summed E-state index contributed by atoms with van der Waals surface area (Å²) in [5.74, 6) is -1.56. The lowest BCUT2D eigenvalue weighted by molar-refractivity contribution is -0.127. The molecule has 0 saturated heterocycles. The van der Waals surface area contributed by atoms with Crippen LogP contribution < -0.4 is 5.32 Å². The molecule has 1 aliphatic rings. The number of amides is 1. The molecule has 0 bridgehead atoms. The van der Waals surface area contributed by atoms with E-state index in [1.54, 1.807) is 0 Å². The van der Waals surface area contributed by atoms with Gasteiger partial charge in [-0.15, -0.1) is 0 Å². The van der Waals surface area contributed by atoms with Gasteiger partial charge in [-0.05, 0) is 43.0 Å². The third-order valence-electron chi connectivity index (χ3n) is 4.19. The smallest absolute Gasteiger partial charge is 0.224 e. The van der Waals surface area contributed by atoms with Gasteiger partial charge in [-0.3, -0.25) is 4.79 Å². The summed E-state index contributed by atoms with van der Waals surface area (Å²) < 4.78 is 37.9. The minimum atomic E-state index is -3.58. The zero-order valence-corrected chi connectivity index (χ0v) is 13.5. The summed E-state index contributed by atoms with van der Waals surface area (Å²) in [4.78, 5) is 12.2. The summed E-state index contributed by atoms with van der Waals surface area (Å²) in [7, 11) is -3.58. The first-order chi connectivity index (χ1) is 10.9. The van der Waals surface area contributed by atoms with Crippen molar-refractivity contribution in [2.75, 3.05) is 12.3 Å². The van der Waals surface area contributed by atoms with Crippen molar-refractivity contribution in [1.82, 2.24) is 5.32 Å². The molecule has 1 aromatic carbocycles. The number of nitrogens with one attached hydrogen (secondary N) is 1. The van der Waals surface area contributed by atoms with Crippen molar-refractivity contribution in [2.24, 2.45) is 11.8 Å². The molecule has 1 N–H and O–H groups in total. The predicted molar refractivity (Wildman–Crippen MR) is 82.5 cm³/mol. The first-order valence-corrected chi connectivity index (χ1v) is 9.22. The largest absolute Gasteiger partial charge is 0.343 e. The van der Waals surface area contributed by atoms with E-state index in [9.17, 15) is 17.6 Å². The highest BCUT2D eigenvalue weighted by atomic mass is 32.2. The van der Waals surface area contributed by atoms with Gasteiger partial charge >= 0.3 is 0 Å². The molecule has 0 radical (unpaired) electrons. The minimum absolute atomic E-state index is 0.0701. The molecule has 1 fully saturated rings. The van der Waals surface area contributed by atoms with Gasteiger partial charge in [-0.25, -0.2) is 12.8 Å². The monoisotopic (exact) mass is 338 g/mol. The lowest BCUT2D eigenvalue weighted by Gasteiger charge is -2.30. The number of carbonyl (C=O) groups excluding carboxylic acids is 1. The number of nitriles is 1. The van der Waals surface area contributed by atoms with Crippen molar-refractivity contribution in [3.05, 3.63) is 30.1 Å². The molecule has 0 aliphatic heterocycles. The number of nitrogens with zero attached hydrogens (tertiary/aromatic N) is 1. The molecule has 0 heterocycles. The minimum Gasteiger partial charge on any atom is -0.343 e. The Hall–Kier alpha value is -1.94. The maximum Gasteiger partial charge on any atom is 0.224 e. The maximum atomic E-state index is 12.9. The molecule has 124 valence electrons. The van der Waals surface area contributed by atoms with Crippen LogP contribution in [-0.2, 0) is 14.6 Å². The third-order valence-corrected chi connectivity index (χ3v) is 6.05. The Morgan fingerprint density at radius 1 is 1.26 bits per heavy atom. The summed E-state index contributed by atoms with van der Waals surface area (Å²) >= 11 is 0. The van der Waals surface area contributed by atoms with E-state index in [1.165, 1.54) is 12.1 Å². The number of halogens is 1. The van der Waals surface area contributed by atoms with Crippen molar-refractivity contribution < 1.29 is 17.6 Å². The molecule has 2 unspecified atom stereocenters. The second kappa shape index (κ2) is 7.55. The highest BCUT2D eigenvalue weighted by molar-refractivity contribution is 7.91. The van der Waals surface area contributed by atoms with Crippen molar-refractivity contribution in [2.45, 2.75) is 30.6 Å². The molecule has 1 aliphatic carbocycles. The normalized spacial score (nSPS) is 21.4. The van der Waals surface area contributed by atoms with Gasteiger partial charge in [-0.1, -0.05) is 12.8 Å². The van der Waals surface area contributed by atoms with Gasteiger partial charge in [-0.2, -0.15) is 5.26 Å². The fourth-order valence-electron chi connectivity index (χ4n) is 3.03. The molecule has 1 amide bonds. The summed E-state index contributed by atoms with van der Waals surface area (Å²) in [6.45, 7) is -0.0766. The second-order valence-corrected chi connectivity index (χ2v) is 7.80. The van der Waals surface area contributed by atoms with Gasteiger partial charge in [0.1, 0.15) is 12.4 Å². The molecule has 1 aromatic rings. The van der Waals surface area contributed by atoms with Crippen LogP contribution in [0.15, 0.2) is 29.2 Å². The number of benzene rings is 1. The van der Waals surface area contributed by atoms with E-state index in [4.69, 9.17) is 5.26 Å². The Kier molecular flexibility index (Phi) is 5.72. The Labute approximate surface area is 135 Å². The molecule has 23 heavy (non-hydrogen) atoms. The van der Waals surface area contributed by atoms with E-state index in [1.807, 2.05) is 6.07 Å². The predicted octanol–water partition coefficient (Wildman–Crippen LogP) is 2.05. The van der Waals surface area contributed by atoms with Crippen LogP contribution in [0.3, 0.4) is 0 Å². The average Bonchev–Trinajstić information content (AvgIpc) is 2.53. The van der Waals surface area contributed by atoms with E-state index in [-0.39, 0.29) is 29.0 Å². The van der Waals surface area contributed by atoms with Gasteiger partial charge < -0.3 is 5.32 Å². The first-order valence-electron chi connectivity index (χ1n) is 7.57. The Balaban J connectivity index is 2.13. The number of rotatable bonds is 5. The van der Waals surface area contributed by atoms with Crippen LogP contribution in [0.5, 0.6) is 0 Å². The van der Waals surface area contributed by atoms with Crippen molar-refractivity contribution >= 4 is 15.7 Å². The Bertz CT molecular complexity index is 695. The highest BCUT2D eigenvalue weighted by Gasteiger charge is 2.34. The van der Waals surface area contributed by atoms with Crippen LogP contribution >= 0.6 is 0 Å². The van der Waals surface area contributed by atoms with Crippen LogP contribution in [0.25, 0.3) is 0 Å². The van der Waals surface area contributed by atoms with Crippen LogP contribution in [0, 0.1) is 29.0 Å². The summed E-state index contributed by atoms with van der Waals surface area (Å²) in [6, 6.07) is 6.57. The van der Waals surface area contributed by atoms with E-state index in [2.05, 4.69) is 5.32 Å². The number of carbonyl (C=O) groups is 1. The van der Waals surface area contributed by atoms with E-state index in [0.717, 1.165) is 25.0 Å². The molecule has 2 rings (SSSR count). The molecular formula is C16H19FN2O3S. The van der Waals surface area contributed by atoms with Gasteiger partial charge in [0, 0.05) is 5.92 Å². The molecule has 1 saturated carbocycles. The summed E-state index contributed by atoms with van der Waals surface area (Å²) in [5, 5.41) is 11.1. The summed E-state index contributed by atoms with van der Waals surface area (Å²) in [5.41, 5.74) is 0. The highest BCUT2D eigenvalue weighted by Crippen LogP contribution is 2.32. The topological polar surface area (TPSA) is 87.0 Å². The van der Waals surface area contributed by atoms with E-state index < -0.39 is 21.6 Å². The maximum absolute atomic E-state index is 12.9. The fourth-order valence-corrected chi connectivity index (χ4v) is 4.74. The quantitative estimate of drug-likeness (QED) is 0.657. The number of hydrogen-bond donors (Lipinski definition) is 1. The zero-order valence-electron chi connectivity index (χ0n) is 12.7. The molecular weight excluding hydrogens is 319 g/mol. The lowest BCUT2D eigenvalue weighted by Crippen LogP contribution is -2.39. The van der Waals surface area contributed by atoms with Crippen LogP contribution in [-0.4, -0.2) is 26.6 Å². The van der Waals surface area contributed by atoms with E-state index in [0.29, 0.717) is 12.8 Å². The van der Waals surface area contributed by atoms with Gasteiger partial charge in [0.15, 0.2) is 9.84 Å². The molecule has 2 atom stereocenters. The van der Waals surface area contributed by atoms with Crippen LogP contribution in [0.2, 0.25) is 0 Å². The molecule has 0 spiro atoms. The summed E-state index contributed by atoms with van der Waals surface area (Å²) in [6.07, 6.45) is 3.04. The van der Waals surface area contributed by atoms with Gasteiger partial charge in [0.25, 0.3) is 0 Å². The van der Waals surface area contributed by atoms with E-state index >= 15 is 0 Å². The Morgan fingerprint density at radius 2 is 1.91 bits per heavy atom. The van der Waals surface area contributed by atoms with Gasteiger partial charge in [0.2, 0.25) is 5.91 Å². The lowest BCUT2D eigenvalue weighted by atomic mass is 9.80.